The number of thioether (sulfide) groups is 1. The average molecular weight is 490 g/mol. The highest BCUT2D eigenvalue weighted by molar-refractivity contribution is 7.98. The van der Waals surface area contributed by atoms with Crippen molar-refractivity contribution >= 4 is 29.0 Å². The first-order valence-electron chi connectivity index (χ1n) is 10.7. The van der Waals surface area contributed by atoms with Crippen LogP contribution in [0.1, 0.15) is 25.3 Å². The molecule has 0 bridgehead atoms. The number of nitrogens with zero attached hydrogens (tertiary/aromatic N) is 5. The Balaban J connectivity index is 1.65. The third-order valence-corrected chi connectivity index (χ3v) is 6.02. The van der Waals surface area contributed by atoms with E-state index in [0.29, 0.717) is 39.2 Å². The summed E-state index contributed by atoms with van der Waals surface area (Å²) in [7, 11) is 0. The number of nitro benzene ring substituents is 1. The van der Waals surface area contributed by atoms with E-state index >= 15 is 0 Å². The summed E-state index contributed by atoms with van der Waals surface area (Å²) in [5, 5.41) is 20.1. The Morgan fingerprint density at radius 1 is 1.14 bits per heavy atom. The van der Waals surface area contributed by atoms with Crippen molar-refractivity contribution in [3.8, 4) is 28.5 Å². The van der Waals surface area contributed by atoms with Gasteiger partial charge >= 0.3 is 0 Å². The summed E-state index contributed by atoms with van der Waals surface area (Å²) in [6.07, 6.45) is 1.07. The predicted octanol–water partition coefficient (Wildman–Crippen LogP) is 5.26. The maximum Gasteiger partial charge on any atom is 0.270 e. The van der Waals surface area contributed by atoms with Gasteiger partial charge in [0.2, 0.25) is 23.2 Å². The fourth-order valence-corrected chi connectivity index (χ4v) is 4.14. The molecular formula is C24H19N5O5S. The lowest BCUT2D eigenvalue weighted by Crippen LogP contribution is -2.37. The van der Waals surface area contributed by atoms with Crippen molar-refractivity contribution in [2.24, 2.45) is 0 Å². The highest BCUT2D eigenvalue weighted by atomic mass is 32.2. The van der Waals surface area contributed by atoms with E-state index in [0.717, 1.165) is 0 Å². The fraction of sp³-hybridized carbons (Fsp3) is 0.167. The maximum absolute atomic E-state index is 13.2. The zero-order chi connectivity index (χ0) is 24.5. The predicted molar refractivity (Wildman–Crippen MR) is 129 cm³/mol. The number of hydrogen-bond donors (Lipinski definition) is 0. The van der Waals surface area contributed by atoms with Crippen LogP contribution in [0.3, 0.4) is 0 Å². The zero-order valence-corrected chi connectivity index (χ0v) is 19.6. The number of non-ortho nitro benzene ring substituents is 1. The number of rotatable bonds is 5. The summed E-state index contributed by atoms with van der Waals surface area (Å²) in [5.41, 5.74) is 2.14. The molecule has 1 aliphatic heterocycles. The molecule has 0 saturated heterocycles. The van der Waals surface area contributed by atoms with Crippen LogP contribution in [0.2, 0.25) is 0 Å². The molecule has 11 heteroatoms. The normalized spacial score (nSPS) is 14.5. The third kappa shape index (κ3) is 4.10. The van der Waals surface area contributed by atoms with Crippen LogP contribution in [0.25, 0.3) is 22.6 Å². The van der Waals surface area contributed by atoms with Crippen molar-refractivity contribution in [1.29, 1.82) is 0 Å². The number of carbonyl (C=O) groups is 1. The summed E-state index contributed by atoms with van der Waals surface area (Å²) in [5.74, 6) is 0.767. The lowest BCUT2D eigenvalue weighted by atomic mass is 10.1. The maximum atomic E-state index is 13.2. The molecule has 1 amide bonds. The van der Waals surface area contributed by atoms with Crippen LogP contribution in [-0.2, 0) is 4.79 Å². The molecule has 1 atom stereocenters. The molecule has 10 nitrogen and oxygen atoms in total. The number of amides is 1. The van der Waals surface area contributed by atoms with Crippen LogP contribution in [0.15, 0.2) is 70.2 Å². The van der Waals surface area contributed by atoms with E-state index in [1.165, 1.54) is 28.8 Å². The zero-order valence-electron chi connectivity index (χ0n) is 18.7. The number of nitro groups is 1. The Hall–Kier alpha value is -4.25. The summed E-state index contributed by atoms with van der Waals surface area (Å²) >= 11 is 1.32. The second-order valence-corrected chi connectivity index (χ2v) is 8.34. The monoisotopic (exact) mass is 489 g/mol. The molecular weight excluding hydrogens is 470 g/mol. The van der Waals surface area contributed by atoms with Crippen LogP contribution >= 0.6 is 11.8 Å². The summed E-state index contributed by atoms with van der Waals surface area (Å²) in [4.78, 5) is 30.0. The Morgan fingerprint density at radius 3 is 2.74 bits per heavy atom. The molecule has 4 aromatic rings. The van der Waals surface area contributed by atoms with Gasteiger partial charge < -0.3 is 9.15 Å². The molecule has 2 aromatic heterocycles. The second-order valence-electron chi connectivity index (χ2n) is 7.57. The molecule has 176 valence electrons. The number of benzene rings is 2. The van der Waals surface area contributed by atoms with E-state index in [4.69, 9.17) is 9.15 Å². The molecule has 35 heavy (non-hydrogen) atoms. The van der Waals surface area contributed by atoms with Crippen molar-refractivity contribution < 1.29 is 18.9 Å². The van der Waals surface area contributed by atoms with E-state index < -0.39 is 11.2 Å². The Labute approximate surface area is 204 Å². The molecule has 0 unspecified atom stereocenters. The Morgan fingerprint density at radius 2 is 1.97 bits per heavy atom. The van der Waals surface area contributed by atoms with Crippen LogP contribution in [0.4, 0.5) is 11.4 Å². The van der Waals surface area contributed by atoms with E-state index in [-0.39, 0.29) is 23.9 Å². The number of para-hydroxylation sites is 1. The smallest absolute Gasteiger partial charge is 0.270 e. The highest BCUT2D eigenvalue weighted by Crippen LogP contribution is 2.44. The number of carbonyl (C=O) groups excluding carboxylic acids is 1. The van der Waals surface area contributed by atoms with Gasteiger partial charge in [0.25, 0.3) is 5.69 Å². The van der Waals surface area contributed by atoms with Crippen molar-refractivity contribution in [2.45, 2.75) is 24.7 Å². The topological polar surface area (TPSA) is 124 Å². The lowest BCUT2D eigenvalue weighted by Gasteiger charge is -2.29. The first-order valence-corrected chi connectivity index (χ1v) is 11.9. The van der Waals surface area contributed by atoms with Gasteiger partial charge in [0.05, 0.1) is 10.6 Å². The van der Waals surface area contributed by atoms with Gasteiger partial charge in [0, 0.05) is 29.7 Å². The summed E-state index contributed by atoms with van der Waals surface area (Å²) in [6.45, 7) is 1.76. The first-order chi connectivity index (χ1) is 17.0. The molecule has 0 fully saturated rings. The number of hydrogen-bond acceptors (Lipinski definition) is 9. The summed E-state index contributed by atoms with van der Waals surface area (Å²) in [6, 6.07) is 16.8. The van der Waals surface area contributed by atoms with Gasteiger partial charge in [0.1, 0.15) is 5.76 Å². The molecule has 3 heterocycles. The molecule has 0 N–H and O–H groups in total. The van der Waals surface area contributed by atoms with Gasteiger partial charge in [-0.15, -0.1) is 10.2 Å². The van der Waals surface area contributed by atoms with Crippen molar-refractivity contribution in [3.63, 3.8) is 0 Å². The number of anilines is 1. The average Bonchev–Trinajstić information content (AvgIpc) is 3.33. The molecule has 2 aromatic carbocycles. The first kappa shape index (κ1) is 22.5. The van der Waals surface area contributed by atoms with E-state index in [1.54, 1.807) is 31.2 Å². The quantitative estimate of drug-likeness (QED) is 0.210. The minimum absolute atomic E-state index is 0.0517. The van der Waals surface area contributed by atoms with Gasteiger partial charge in [0.15, 0.2) is 11.5 Å². The van der Waals surface area contributed by atoms with E-state index in [2.05, 4.69) is 15.2 Å². The molecule has 0 saturated carbocycles. The van der Waals surface area contributed by atoms with E-state index in [1.807, 2.05) is 30.5 Å². The molecule has 5 rings (SSSR count). The van der Waals surface area contributed by atoms with Gasteiger partial charge in [-0.2, -0.15) is 4.98 Å². The minimum Gasteiger partial charge on any atom is -0.455 e. The standard InChI is InChI=1S/C24H19N5O5S/c1-3-20(30)28-17-10-5-4-9-16(17)21-22(25-24(35-2)27-26-21)34-23(28)19-12-11-18(33-19)14-7-6-8-15(13-14)29(31)32/h4-13,23H,3H2,1-2H3/t23-/m1/s1. The molecule has 1 aliphatic rings. The lowest BCUT2D eigenvalue weighted by molar-refractivity contribution is -0.384. The SMILES string of the molecule is CCC(=O)N1c2ccccc2-c2nnc(SC)nc2O[C@@H]1c1ccc(-c2cccc([N+](=O)[O-])c2)o1. The third-order valence-electron chi connectivity index (χ3n) is 5.48. The second kappa shape index (κ2) is 9.18. The van der Waals surface area contributed by atoms with E-state index in [9.17, 15) is 14.9 Å². The highest BCUT2D eigenvalue weighted by Gasteiger charge is 2.37. The van der Waals surface area contributed by atoms with Gasteiger partial charge in [-0.05, 0) is 24.5 Å². The minimum atomic E-state index is -0.983. The Kier molecular flexibility index (Phi) is 5.91. The van der Waals surface area contributed by atoms with Gasteiger partial charge in [-0.3, -0.25) is 19.8 Å². The summed E-state index contributed by atoms with van der Waals surface area (Å²) < 4.78 is 12.4. The number of furan rings is 1. The molecule has 0 spiro atoms. The molecule has 0 aliphatic carbocycles. The van der Waals surface area contributed by atoms with Gasteiger partial charge in [-0.1, -0.05) is 49.0 Å². The number of ether oxygens (including phenoxy) is 1. The van der Waals surface area contributed by atoms with Crippen LogP contribution in [-0.4, -0.2) is 32.3 Å². The number of fused-ring (bicyclic) bond motifs is 3. The van der Waals surface area contributed by atoms with Crippen molar-refractivity contribution in [1.82, 2.24) is 15.2 Å². The van der Waals surface area contributed by atoms with Crippen LogP contribution in [0.5, 0.6) is 5.88 Å². The van der Waals surface area contributed by atoms with Crippen LogP contribution < -0.4 is 9.64 Å². The number of aromatic nitrogens is 3. The van der Waals surface area contributed by atoms with Crippen molar-refractivity contribution in [2.75, 3.05) is 11.2 Å². The van der Waals surface area contributed by atoms with Crippen LogP contribution in [0, 0.1) is 10.1 Å². The largest absolute Gasteiger partial charge is 0.455 e. The van der Waals surface area contributed by atoms with Crippen molar-refractivity contribution in [3.05, 3.63) is 76.5 Å². The van der Waals surface area contributed by atoms with Gasteiger partial charge in [-0.25, -0.2) is 0 Å². The molecule has 0 radical (unpaired) electrons. The fourth-order valence-electron chi connectivity index (χ4n) is 3.84. The Bertz CT molecular complexity index is 1440.